The SMILES string of the molecule is CC(C(C(S(=O)(=O)O)S(=O)(=O)O)(S(=O)(=O)O)S(=O)(=O)O)(S(=O)(=O)O)S(=O)(=O)O. The zero-order valence-corrected chi connectivity index (χ0v) is 17.5. The van der Waals surface area contributed by atoms with Gasteiger partial charge < -0.3 is 0 Å². The highest BCUT2D eigenvalue weighted by Gasteiger charge is 2.85. The zero-order valence-electron chi connectivity index (χ0n) is 12.6. The Balaban J connectivity index is 8.94. The van der Waals surface area contributed by atoms with E-state index in [0.717, 1.165) is 0 Å². The summed E-state index contributed by atoms with van der Waals surface area (Å²) in [7, 11) is -43.1. The maximum atomic E-state index is 11.7. The van der Waals surface area contributed by atoms with Crippen LogP contribution < -0.4 is 0 Å². The minimum absolute atomic E-state index is 0.872. The van der Waals surface area contributed by atoms with E-state index in [0.29, 0.717) is 0 Å². The standard InChI is InChI=1S/C4H10O18S6/c1-3(25(11,12)13,26(14,15)16)4(27(17,18)19,28(20,21)22)2(23(5,6)7)24(8,9)10/h2H,1H3,(H,5,6,7)(H,8,9,10)(H,11,12,13)(H,14,15,16)(H,17,18,19)(H,20,21,22). The summed E-state index contributed by atoms with van der Waals surface area (Å²) < 4.78 is 175. The molecule has 6 N–H and O–H groups in total. The van der Waals surface area contributed by atoms with Crippen molar-refractivity contribution in [1.82, 2.24) is 0 Å². The van der Waals surface area contributed by atoms with Gasteiger partial charge in [-0.3, -0.25) is 27.3 Å². The first kappa shape index (κ1) is 27.5. The lowest BCUT2D eigenvalue weighted by Gasteiger charge is -2.40. The van der Waals surface area contributed by atoms with Gasteiger partial charge in [0.2, 0.25) is 0 Å². The van der Waals surface area contributed by atoms with Crippen LogP contribution in [0.3, 0.4) is 0 Å². The molecule has 0 aromatic carbocycles. The molecule has 28 heavy (non-hydrogen) atoms. The van der Waals surface area contributed by atoms with Gasteiger partial charge in [-0.2, -0.15) is 50.5 Å². The minimum atomic E-state index is -7.47. The summed E-state index contributed by atoms with van der Waals surface area (Å²) in [5.41, 5.74) is 0. The first-order valence-corrected chi connectivity index (χ1v) is 14.2. The quantitative estimate of drug-likeness (QED) is 0.160. The fourth-order valence-corrected chi connectivity index (χ4v) is 14.8. The Morgan fingerprint density at radius 3 is 0.821 bits per heavy atom. The lowest BCUT2D eigenvalue weighted by Crippen LogP contribution is -2.75. The second kappa shape index (κ2) is 6.74. The lowest BCUT2D eigenvalue weighted by molar-refractivity contribution is 0.360. The monoisotopic (exact) mass is 538 g/mol. The fraction of sp³-hybridized carbons (Fsp3) is 1.00. The van der Waals surface area contributed by atoms with E-state index in [2.05, 4.69) is 0 Å². The number of hydrogen-bond donors (Lipinski definition) is 6. The van der Waals surface area contributed by atoms with Crippen molar-refractivity contribution in [3.05, 3.63) is 0 Å². The van der Waals surface area contributed by atoms with E-state index in [1.807, 2.05) is 0 Å². The van der Waals surface area contributed by atoms with Crippen molar-refractivity contribution in [3.8, 4) is 0 Å². The Morgan fingerprint density at radius 1 is 0.500 bits per heavy atom. The molecule has 0 aliphatic carbocycles. The molecule has 0 aliphatic rings. The summed E-state index contributed by atoms with van der Waals surface area (Å²) in [6.07, 6.45) is 0. The maximum absolute atomic E-state index is 11.7. The first-order chi connectivity index (χ1) is 11.6. The highest BCUT2D eigenvalue weighted by Crippen LogP contribution is 2.49. The minimum Gasteiger partial charge on any atom is -0.284 e. The van der Waals surface area contributed by atoms with E-state index in [9.17, 15) is 50.5 Å². The van der Waals surface area contributed by atoms with Gasteiger partial charge >= 0.3 is 0 Å². The third-order valence-electron chi connectivity index (χ3n) is 3.24. The molecule has 170 valence electrons. The molecule has 0 saturated heterocycles. The Hall–Kier alpha value is -0.540. The van der Waals surface area contributed by atoms with Crippen LogP contribution in [-0.2, 0) is 60.7 Å². The van der Waals surface area contributed by atoms with Crippen LogP contribution in [-0.4, -0.2) is 90.6 Å². The van der Waals surface area contributed by atoms with Crippen LogP contribution in [0.1, 0.15) is 6.92 Å². The van der Waals surface area contributed by atoms with Crippen molar-refractivity contribution in [2.24, 2.45) is 0 Å². The lowest BCUT2D eigenvalue weighted by atomic mass is 10.3. The van der Waals surface area contributed by atoms with Gasteiger partial charge in [0.05, 0.1) is 0 Å². The molecule has 0 aromatic rings. The molecule has 0 rings (SSSR count). The Morgan fingerprint density at radius 2 is 0.714 bits per heavy atom. The van der Waals surface area contributed by atoms with Crippen LogP contribution in [0.15, 0.2) is 0 Å². The highest BCUT2D eigenvalue weighted by atomic mass is 32.3. The van der Waals surface area contributed by atoms with Gasteiger partial charge in [-0.1, -0.05) is 0 Å². The van der Waals surface area contributed by atoms with E-state index < -0.39 is 80.4 Å². The summed E-state index contributed by atoms with van der Waals surface area (Å²) in [6.45, 7) is -0.872. The zero-order chi connectivity index (χ0) is 23.6. The van der Waals surface area contributed by atoms with Crippen LogP contribution in [0.5, 0.6) is 0 Å². The van der Waals surface area contributed by atoms with Crippen molar-refractivity contribution in [2.45, 2.75) is 19.7 Å². The van der Waals surface area contributed by atoms with Gasteiger partial charge in [0.1, 0.15) is 0 Å². The van der Waals surface area contributed by atoms with E-state index in [1.165, 1.54) is 0 Å². The Labute approximate surface area is 158 Å². The van der Waals surface area contributed by atoms with Crippen molar-refractivity contribution >= 4 is 60.7 Å². The van der Waals surface area contributed by atoms with Crippen molar-refractivity contribution in [1.29, 1.82) is 0 Å². The van der Waals surface area contributed by atoms with Crippen LogP contribution >= 0.6 is 0 Å². The molecule has 0 unspecified atom stereocenters. The first-order valence-electron chi connectivity index (χ1n) is 5.42. The number of rotatable bonds is 8. The van der Waals surface area contributed by atoms with Gasteiger partial charge in [-0.15, -0.1) is 0 Å². The largest absolute Gasteiger partial charge is 0.295 e. The highest BCUT2D eigenvalue weighted by molar-refractivity contribution is 8.15. The molecular formula is C4H10O18S6. The molecular weight excluding hydrogens is 528 g/mol. The second-order valence-corrected chi connectivity index (χ2v) is 15.4. The summed E-state index contributed by atoms with van der Waals surface area (Å²) in [5.74, 6) is 0. The third-order valence-corrected chi connectivity index (χ3v) is 15.6. The molecule has 0 aliphatic heterocycles. The molecule has 0 heterocycles. The molecule has 0 fully saturated rings. The molecule has 0 atom stereocenters. The molecule has 0 spiro atoms. The van der Waals surface area contributed by atoms with Crippen LogP contribution in [0.2, 0.25) is 0 Å². The molecule has 0 amide bonds. The second-order valence-electron chi connectivity index (χ2n) is 4.88. The molecule has 24 heteroatoms. The summed E-state index contributed by atoms with van der Waals surface area (Å²) in [4.78, 5) is 0. The predicted octanol–water partition coefficient (Wildman–Crippen LogP) is -3.95. The van der Waals surface area contributed by atoms with Crippen molar-refractivity contribution in [3.63, 3.8) is 0 Å². The van der Waals surface area contributed by atoms with E-state index in [-0.39, 0.29) is 0 Å². The topological polar surface area (TPSA) is 326 Å². The molecule has 0 saturated carbocycles. The van der Waals surface area contributed by atoms with Crippen LogP contribution in [0.4, 0.5) is 0 Å². The predicted molar refractivity (Wildman–Crippen MR) is 84.2 cm³/mol. The average molecular weight is 539 g/mol. The Bertz CT molecular complexity index is 1190. The van der Waals surface area contributed by atoms with Crippen LogP contribution in [0, 0.1) is 0 Å². The summed E-state index contributed by atoms with van der Waals surface area (Å²) in [5, 5.41) is 0. The van der Waals surface area contributed by atoms with Gasteiger partial charge in [0.25, 0.3) is 73.4 Å². The smallest absolute Gasteiger partial charge is 0.284 e. The van der Waals surface area contributed by atoms with Crippen LogP contribution in [0.25, 0.3) is 0 Å². The molecule has 18 nitrogen and oxygen atoms in total. The van der Waals surface area contributed by atoms with E-state index in [4.69, 9.17) is 27.3 Å². The van der Waals surface area contributed by atoms with Crippen molar-refractivity contribution in [2.75, 3.05) is 0 Å². The third kappa shape index (κ3) is 3.90. The molecule has 0 bridgehead atoms. The van der Waals surface area contributed by atoms with Gasteiger partial charge in [0, 0.05) is 0 Å². The summed E-state index contributed by atoms with van der Waals surface area (Å²) in [6, 6.07) is 0. The molecule has 0 radical (unpaired) electrons. The molecule has 0 aromatic heterocycles. The normalized spacial score (nSPS) is 16.3. The fourth-order valence-electron chi connectivity index (χ4n) is 2.10. The van der Waals surface area contributed by atoms with Crippen molar-refractivity contribution < 1.29 is 77.8 Å². The average Bonchev–Trinajstić information content (AvgIpc) is 2.24. The van der Waals surface area contributed by atoms with E-state index >= 15 is 0 Å². The Kier molecular flexibility index (Phi) is 6.61. The summed E-state index contributed by atoms with van der Waals surface area (Å²) >= 11 is 0. The van der Waals surface area contributed by atoms with Gasteiger partial charge in [-0.25, -0.2) is 0 Å². The van der Waals surface area contributed by atoms with Gasteiger partial charge in [-0.05, 0) is 6.92 Å². The maximum Gasteiger partial charge on any atom is 0.295 e. The number of hydrogen-bond acceptors (Lipinski definition) is 12. The van der Waals surface area contributed by atoms with E-state index in [1.54, 1.807) is 0 Å². The van der Waals surface area contributed by atoms with Gasteiger partial charge in [0.15, 0.2) is 0 Å².